The van der Waals surface area contributed by atoms with Crippen molar-refractivity contribution in [3.8, 4) is 0 Å². The highest BCUT2D eigenvalue weighted by molar-refractivity contribution is 6.10. The Balaban J connectivity index is 2.45. The lowest BCUT2D eigenvalue weighted by Gasteiger charge is -2.21. The second-order valence-electron chi connectivity index (χ2n) is 5.01. The number of halogens is 4. The molecule has 0 saturated heterocycles. The number of rotatable bonds is 4. The largest absolute Gasteiger partial charge is 0.274 e. The standard InChI is InChI=1S/C17H13F4NO2/c1-2-7-22(16(23)12-8-10(18)3-5-14(12)20)17(24)13-9-11(19)4-6-15(13)21/h3-6,8-9H,2,7H2,1H3. The van der Waals surface area contributed by atoms with Gasteiger partial charge < -0.3 is 0 Å². The van der Waals surface area contributed by atoms with Gasteiger partial charge in [-0.3, -0.25) is 14.5 Å². The SMILES string of the molecule is CCCN(C(=O)c1cc(F)ccc1F)C(=O)c1cc(F)ccc1F. The molecule has 0 radical (unpaired) electrons. The van der Waals surface area contributed by atoms with Gasteiger partial charge >= 0.3 is 0 Å². The van der Waals surface area contributed by atoms with Crippen LogP contribution in [0.1, 0.15) is 34.1 Å². The Kier molecular flexibility index (Phi) is 5.33. The van der Waals surface area contributed by atoms with Crippen molar-refractivity contribution in [1.82, 2.24) is 4.90 Å². The minimum absolute atomic E-state index is 0.163. The van der Waals surface area contributed by atoms with E-state index in [0.29, 0.717) is 23.5 Å². The summed E-state index contributed by atoms with van der Waals surface area (Å²) in [4.78, 5) is 25.4. The summed E-state index contributed by atoms with van der Waals surface area (Å²) in [5.41, 5.74) is -1.32. The summed E-state index contributed by atoms with van der Waals surface area (Å²) in [7, 11) is 0. The van der Waals surface area contributed by atoms with E-state index < -0.39 is 46.2 Å². The Hall–Kier alpha value is -2.70. The molecule has 2 aromatic rings. The molecule has 2 amide bonds. The van der Waals surface area contributed by atoms with Gasteiger partial charge in [-0.25, -0.2) is 17.6 Å². The minimum Gasteiger partial charge on any atom is -0.274 e. The third-order valence-corrected chi connectivity index (χ3v) is 3.26. The maximum absolute atomic E-state index is 13.8. The number of nitrogens with zero attached hydrogens (tertiary/aromatic N) is 1. The Morgan fingerprint density at radius 2 is 1.25 bits per heavy atom. The lowest BCUT2D eigenvalue weighted by molar-refractivity contribution is 0.0610. The van der Waals surface area contributed by atoms with Gasteiger partial charge in [0.1, 0.15) is 23.3 Å². The summed E-state index contributed by atoms with van der Waals surface area (Å²) in [6.45, 7) is 1.47. The Morgan fingerprint density at radius 3 is 1.62 bits per heavy atom. The molecular weight excluding hydrogens is 326 g/mol. The van der Waals surface area contributed by atoms with Gasteiger partial charge in [0.15, 0.2) is 0 Å². The van der Waals surface area contributed by atoms with Crippen LogP contribution in [0, 0.1) is 23.3 Å². The molecule has 24 heavy (non-hydrogen) atoms. The number of imide groups is 1. The number of hydrogen-bond donors (Lipinski definition) is 0. The zero-order valence-corrected chi connectivity index (χ0v) is 12.7. The fraction of sp³-hybridized carbons (Fsp3) is 0.176. The number of carbonyl (C=O) groups excluding carboxylic acids is 2. The van der Waals surface area contributed by atoms with E-state index >= 15 is 0 Å². The number of hydrogen-bond acceptors (Lipinski definition) is 2. The fourth-order valence-electron chi connectivity index (χ4n) is 2.13. The van der Waals surface area contributed by atoms with E-state index in [4.69, 9.17) is 0 Å². The molecule has 2 aromatic carbocycles. The van der Waals surface area contributed by atoms with Gasteiger partial charge in [0.25, 0.3) is 11.8 Å². The van der Waals surface area contributed by atoms with E-state index in [9.17, 15) is 27.2 Å². The van der Waals surface area contributed by atoms with Crippen LogP contribution in [0.3, 0.4) is 0 Å². The molecule has 0 aliphatic heterocycles. The normalized spacial score (nSPS) is 10.5. The van der Waals surface area contributed by atoms with E-state index in [1.165, 1.54) is 0 Å². The van der Waals surface area contributed by atoms with E-state index in [-0.39, 0.29) is 6.54 Å². The van der Waals surface area contributed by atoms with Crippen LogP contribution in [-0.2, 0) is 0 Å². The molecule has 0 bridgehead atoms. The maximum Gasteiger partial charge on any atom is 0.263 e. The highest BCUT2D eigenvalue weighted by Gasteiger charge is 2.28. The van der Waals surface area contributed by atoms with Crippen LogP contribution in [0.25, 0.3) is 0 Å². The quantitative estimate of drug-likeness (QED) is 0.625. The van der Waals surface area contributed by atoms with Crippen LogP contribution in [0.2, 0.25) is 0 Å². The molecule has 126 valence electrons. The maximum atomic E-state index is 13.8. The lowest BCUT2D eigenvalue weighted by atomic mass is 10.1. The first-order valence-corrected chi connectivity index (χ1v) is 7.11. The molecule has 7 heteroatoms. The lowest BCUT2D eigenvalue weighted by Crippen LogP contribution is -2.38. The van der Waals surface area contributed by atoms with E-state index in [1.54, 1.807) is 6.92 Å². The van der Waals surface area contributed by atoms with Gasteiger partial charge in [-0.1, -0.05) is 6.92 Å². The van der Waals surface area contributed by atoms with Gasteiger partial charge in [0, 0.05) is 6.54 Å². The molecule has 2 rings (SSSR count). The average Bonchev–Trinajstić information content (AvgIpc) is 2.56. The summed E-state index contributed by atoms with van der Waals surface area (Å²) >= 11 is 0. The number of carbonyl (C=O) groups is 2. The minimum atomic E-state index is -1.12. The summed E-state index contributed by atoms with van der Waals surface area (Å²) in [5.74, 6) is -6.00. The molecule has 0 aliphatic carbocycles. The van der Waals surface area contributed by atoms with Crippen LogP contribution in [0.15, 0.2) is 36.4 Å². The van der Waals surface area contributed by atoms with Gasteiger partial charge in [-0.2, -0.15) is 0 Å². The zero-order chi connectivity index (χ0) is 17.9. The van der Waals surface area contributed by atoms with Gasteiger partial charge in [0.05, 0.1) is 11.1 Å². The molecule has 0 spiro atoms. The first-order chi connectivity index (χ1) is 11.3. The Morgan fingerprint density at radius 1 is 0.833 bits per heavy atom. The Labute approximate surface area is 135 Å². The predicted octanol–water partition coefficient (Wildman–Crippen LogP) is 3.94. The monoisotopic (exact) mass is 339 g/mol. The molecule has 0 aliphatic rings. The first kappa shape index (κ1) is 17.7. The molecule has 3 nitrogen and oxygen atoms in total. The second kappa shape index (κ2) is 7.25. The summed E-state index contributed by atoms with van der Waals surface area (Å²) in [6, 6.07) is 4.44. The van der Waals surface area contributed by atoms with Crippen LogP contribution in [0.5, 0.6) is 0 Å². The number of amides is 2. The molecule has 0 heterocycles. The van der Waals surface area contributed by atoms with E-state index in [2.05, 4.69) is 0 Å². The van der Waals surface area contributed by atoms with Crippen LogP contribution >= 0.6 is 0 Å². The van der Waals surface area contributed by atoms with Crippen LogP contribution in [0.4, 0.5) is 17.6 Å². The Bertz CT molecular complexity index is 729. The third-order valence-electron chi connectivity index (χ3n) is 3.26. The van der Waals surface area contributed by atoms with Crippen LogP contribution in [-0.4, -0.2) is 23.3 Å². The van der Waals surface area contributed by atoms with Crippen molar-refractivity contribution in [2.24, 2.45) is 0 Å². The second-order valence-corrected chi connectivity index (χ2v) is 5.01. The van der Waals surface area contributed by atoms with Gasteiger partial charge in [-0.05, 0) is 42.8 Å². The van der Waals surface area contributed by atoms with Crippen LogP contribution < -0.4 is 0 Å². The van der Waals surface area contributed by atoms with Crippen molar-refractivity contribution in [3.05, 3.63) is 70.8 Å². The highest BCUT2D eigenvalue weighted by atomic mass is 19.1. The molecule has 0 fully saturated rings. The third kappa shape index (κ3) is 3.61. The summed E-state index contributed by atoms with van der Waals surface area (Å²) < 4.78 is 54.1. The average molecular weight is 339 g/mol. The highest BCUT2D eigenvalue weighted by Crippen LogP contribution is 2.17. The van der Waals surface area contributed by atoms with Gasteiger partial charge in [-0.15, -0.1) is 0 Å². The van der Waals surface area contributed by atoms with Crippen molar-refractivity contribution in [2.45, 2.75) is 13.3 Å². The van der Waals surface area contributed by atoms with Crippen molar-refractivity contribution in [1.29, 1.82) is 0 Å². The topological polar surface area (TPSA) is 37.4 Å². The van der Waals surface area contributed by atoms with Gasteiger partial charge in [0.2, 0.25) is 0 Å². The summed E-state index contributed by atoms with van der Waals surface area (Å²) in [6.07, 6.45) is 0.297. The number of benzene rings is 2. The molecular formula is C17H13F4NO2. The van der Waals surface area contributed by atoms with Crippen molar-refractivity contribution in [2.75, 3.05) is 6.54 Å². The van der Waals surface area contributed by atoms with E-state index in [0.717, 1.165) is 24.3 Å². The molecule has 0 saturated carbocycles. The molecule has 0 atom stereocenters. The smallest absolute Gasteiger partial charge is 0.263 e. The first-order valence-electron chi connectivity index (χ1n) is 7.11. The molecule has 0 N–H and O–H groups in total. The van der Waals surface area contributed by atoms with Crippen molar-refractivity contribution < 1.29 is 27.2 Å². The zero-order valence-electron chi connectivity index (χ0n) is 12.7. The summed E-state index contributed by atoms with van der Waals surface area (Å²) in [5, 5.41) is 0. The molecule has 0 aromatic heterocycles. The van der Waals surface area contributed by atoms with Crippen molar-refractivity contribution in [3.63, 3.8) is 0 Å². The molecule has 0 unspecified atom stereocenters. The predicted molar refractivity (Wildman–Crippen MR) is 78.4 cm³/mol. The van der Waals surface area contributed by atoms with Crippen molar-refractivity contribution >= 4 is 11.8 Å². The fourth-order valence-corrected chi connectivity index (χ4v) is 2.13. The van der Waals surface area contributed by atoms with E-state index in [1.807, 2.05) is 0 Å².